The normalized spacial score (nSPS) is 11.5. The molecule has 0 heterocycles. The van der Waals surface area contributed by atoms with E-state index in [1.807, 2.05) is 0 Å². The molecule has 0 aromatic heterocycles. The van der Waals surface area contributed by atoms with Gasteiger partial charge in [0.2, 0.25) is 10.0 Å². The summed E-state index contributed by atoms with van der Waals surface area (Å²) in [7, 11) is -3.62. The van der Waals surface area contributed by atoms with Crippen molar-refractivity contribution in [3.05, 3.63) is 53.1 Å². The lowest BCUT2D eigenvalue weighted by Gasteiger charge is -2.08. The zero-order valence-electron chi connectivity index (χ0n) is 11.1. The Labute approximate surface area is 128 Å². The summed E-state index contributed by atoms with van der Waals surface area (Å²) in [5.41, 5.74) is 6.81. The van der Waals surface area contributed by atoms with Crippen LogP contribution in [-0.2, 0) is 16.4 Å². The second kappa shape index (κ2) is 6.34. The Morgan fingerprint density at radius 2 is 1.81 bits per heavy atom. The highest BCUT2D eigenvalue weighted by molar-refractivity contribution is 7.89. The summed E-state index contributed by atoms with van der Waals surface area (Å²) in [6.45, 7) is 0.245. The summed E-state index contributed by atoms with van der Waals surface area (Å²) < 4.78 is 26.7. The number of phenols is 1. The second-order valence-corrected chi connectivity index (χ2v) is 6.67. The van der Waals surface area contributed by atoms with Gasteiger partial charge in [-0.25, -0.2) is 13.1 Å². The number of sulfonamides is 1. The lowest BCUT2D eigenvalue weighted by Crippen LogP contribution is -2.26. The smallest absolute Gasteiger partial charge is 0.240 e. The van der Waals surface area contributed by atoms with Crippen LogP contribution in [0.25, 0.3) is 0 Å². The van der Waals surface area contributed by atoms with Gasteiger partial charge < -0.3 is 10.8 Å². The molecule has 0 aliphatic carbocycles. The van der Waals surface area contributed by atoms with Gasteiger partial charge >= 0.3 is 0 Å². The largest absolute Gasteiger partial charge is 0.508 e. The number of halogens is 1. The van der Waals surface area contributed by atoms with Crippen LogP contribution in [0.15, 0.2) is 47.4 Å². The van der Waals surface area contributed by atoms with Crippen LogP contribution in [0.5, 0.6) is 5.75 Å². The molecule has 0 radical (unpaired) electrons. The molecular formula is C14H15ClN2O3S. The maximum absolute atomic E-state index is 12.1. The van der Waals surface area contributed by atoms with Crippen molar-refractivity contribution in [1.82, 2.24) is 4.72 Å². The summed E-state index contributed by atoms with van der Waals surface area (Å²) in [6, 6.07) is 10.8. The van der Waals surface area contributed by atoms with Crippen molar-refractivity contribution in [3.8, 4) is 5.75 Å². The molecule has 2 aromatic rings. The molecule has 0 atom stereocenters. The van der Waals surface area contributed by atoms with Crippen molar-refractivity contribution >= 4 is 27.3 Å². The number of hydrogen-bond donors (Lipinski definition) is 3. The molecule has 0 unspecified atom stereocenters. The molecular weight excluding hydrogens is 312 g/mol. The minimum atomic E-state index is -3.62. The molecule has 5 nitrogen and oxygen atoms in total. The number of rotatable bonds is 5. The van der Waals surface area contributed by atoms with Crippen molar-refractivity contribution in [3.63, 3.8) is 0 Å². The van der Waals surface area contributed by atoms with Gasteiger partial charge in [-0.2, -0.15) is 0 Å². The zero-order chi connectivity index (χ0) is 15.5. The number of nitrogen functional groups attached to an aromatic ring is 1. The van der Waals surface area contributed by atoms with Crippen molar-refractivity contribution in [2.24, 2.45) is 0 Å². The van der Waals surface area contributed by atoms with Crippen LogP contribution < -0.4 is 10.5 Å². The van der Waals surface area contributed by atoms with Crippen LogP contribution in [0.4, 0.5) is 5.69 Å². The van der Waals surface area contributed by atoms with E-state index in [4.69, 9.17) is 17.3 Å². The third-order valence-electron chi connectivity index (χ3n) is 2.92. The van der Waals surface area contributed by atoms with Gasteiger partial charge in [0.15, 0.2) is 0 Å². The van der Waals surface area contributed by atoms with Crippen molar-refractivity contribution in [2.45, 2.75) is 11.3 Å². The maximum Gasteiger partial charge on any atom is 0.240 e. The van der Waals surface area contributed by atoms with E-state index in [0.29, 0.717) is 12.1 Å². The van der Waals surface area contributed by atoms with E-state index in [0.717, 1.165) is 5.56 Å². The van der Waals surface area contributed by atoms with Crippen LogP contribution in [0.3, 0.4) is 0 Å². The molecule has 0 saturated heterocycles. The number of phenolic OH excluding ortho intramolecular Hbond substituents is 1. The van der Waals surface area contributed by atoms with Gasteiger partial charge in [-0.1, -0.05) is 23.7 Å². The molecule has 2 rings (SSSR count). The molecule has 0 aliphatic rings. The highest BCUT2D eigenvalue weighted by atomic mass is 35.5. The van der Waals surface area contributed by atoms with Crippen LogP contribution in [0, 0.1) is 0 Å². The third kappa shape index (κ3) is 4.10. The molecule has 0 aliphatic heterocycles. The predicted octanol–water partition coefficient (Wildman–Crippen LogP) is 2.15. The van der Waals surface area contributed by atoms with Crippen LogP contribution >= 0.6 is 11.6 Å². The first kappa shape index (κ1) is 15.6. The SMILES string of the molecule is Nc1ccc(S(=O)(=O)NCCc2ccc(O)cc2)cc1Cl. The number of hydrogen-bond acceptors (Lipinski definition) is 4. The van der Waals surface area contributed by atoms with E-state index in [1.165, 1.54) is 18.2 Å². The fraction of sp³-hybridized carbons (Fsp3) is 0.143. The van der Waals surface area contributed by atoms with Gasteiger partial charge in [0.05, 0.1) is 15.6 Å². The Bertz CT molecular complexity index is 730. The summed E-state index contributed by atoms with van der Waals surface area (Å²) in [6.07, 6.45) is 0.516. The van der Waals surface area contributed by atoms with Crippen LogP contribution in [0.1, 0.15) is 5.56 Å². The van der Waals surface area contributed by atoms with Gasteiger partial charge in [0.25, 0.3) is 0 Å². The van der Waals surface area contributed by atoms with E-state index >= 15 is 0 Å². The number of benzene rings is 2. The standard InChI is InChI=1S/C14H15ClN2O3S/c15-13-9-12(5-6-14(13)16)21(19,20)17-8-7-10-1-3-11(18)4-2-10/h1-6,9,17-18H,7-8,16H2. The molecule has 0 fully saturated rings. The van der Waals surface area contributed by atoms with Crippen LogP contribution in [0.2, 0.25) is 5.02 Å². The van der Waals surface area contributed by atoms with Crippen molar-refractivity contribution < 1.29 is 13.5 Å². The van der Waals surface area contributed by atoms with E-state index in [1.54, 1.807) is 24.3 Å². The fourth-order valence-electron chi connectivity index (χ4n) is 1.75. The Morgan fingerprint density at radius 3 is 2.43 bits per heavy atom. The Balaban J connectivity index is 2.01. The predicted molar refractivity (Wildman–Crippen MR) is 82.9 cm³/mol. The summed E-state index contributed by atoms with van der Waals surface area (Å²) in [4.78, 5) is 0.0763. The molecule has 112 valence electrons. The van der Waals surface area contributed by atoms with Gasteiger partial charge in [0, 0.05) is 6.54 Å². The molecule has 0 amide bonds. The topological polar surface area (TPSA) is 92.4 Å². The summed E-state index contributed by atoms with van der Waals surface area (Å²) >= 11 is 5.82. The van der Waals surface area contributed by atoms with Crippen molar-refractivity contribution in [2.75, 3.05) is 12.3 Å². The monoisotopic (exact) mass is 326 g/mol. The van der Waals surface area contributed by atoms with Gasteiger partial charge in [-0.15, -0.1) is 0 Å². The number of anilines is 1. The minimum Gasteiger partial charge on any atom is -0.508 e. The third-order valence-corrected chi connectivity index (χ3v) is 4.71. The first-order valence-electron chi connectivity index (χ1n) is 6.21. The number of nitrogens with one attached hydrogen (secondary N) is 1. The first-order chi connectivity index (χ1) is 9.88. The first-order valence-corrected chi connectivity index (χ1v) is 8.07. The van der Waals surface area contributed by atoms with Gasteiger partial charge in [0.1, 0.15) is 5.75 Å². The van der Waals surface area contributed by atoms with Crippen molar-refractivity contribution in [1.29, 1.82) is 0 Å². The van der Waals surface area contributed by atoms with E-state index in [9.17, 15) is 13.5 Å². The number of aromatic hydroxyl groups is 1. The molecule has 21 heavy (non-hydrogen) atoms. The lowest BCUT2D eigenvalue weighted by molar-refractivity contribution is 0.475. The van der Waals surface area contributed by atoms with E-state index < -0.39 is 10.0 Å². The average Bonchev–Trinajstić information content (AvgIpc) is 2.44. The highest BCUT2D eigenvalue weighted by Crippen LogP contribution is 2.22. The molecule has 2 aromatic carbocycles. The lowest BCUT2D eigenvalue weighted by atomic mass is 10.1. The van der Waals surface area contributed by atoms with Crippen LogP contribution in [-0.4, -0.2) is 20.1 Å². The van der Waals surface area contributed by atoms with Gasteiger partial charge in [-0.3, -0.25) is 0 Å². The summed E-state index contributed by atoms with van der Waals surface area (Å²) in [5, 5.41) is 9.38. The van der Waals surface area contributed by atoms with Gasteiger partial charge in [-0.05, 0) is 42.3 Å². The Kier molecular flexibility index (Phi) is 4.72. The van der Waals surface area contributed by atoms with E-state index in [2.05, 4.69) is 4.72 Å². The number of nitrogens with two attached hydrogens (primary N) is 1. The molecule has 7 heteroatoms. The average molecular weight is 327 g/mol. The summed E-state index contributed by atoms with van der Waals surface area (Å²) in [5.74, 6) is 0.177. The highest BCUT2D eigenvalue weighted by Gasteiger charge is 2.14. The molecule has 4 N–H and O–H groups in total. The Morgan fingerprint density at radius 1 is 1.14 bits per heavy atom. The molecule has 0 bridgehead atoms. The second-order valence-electron chi connectivity index (χ2n) is 4.50. The molecule has 0 spiro atoms. The Hall–Kier alpha value is -1.76. The zero-order valence-corrected chi connectivity index (χ0v) is 12.7. The quantitative estimate of drug-likeness (QED) is 0.734. The fourth-order valence-corrected chi connectivity index (χ4v) is 3.05. The molecule has 0 saturated carbocycles. The maximum atomic E-state index is 12.1. The minimum absolute atomic E-state index is 0.0763. The van der Waals surface area contributed by atoms with E-state index in [-0.39, 0.29) is 22.2 Å².